The minimum absolute atomic E-state index is 0.112. The van der Waals surface area contributed by atoms with Crippen LogP contribution in [0.1, 0.15) is 58.7 Å². The van der Waals surface area contributed by atoms with E-state index in [1.54, 1.807) is 30.0 Å². The molecule has 2 aromatic heterocycles. The van der Waals surface area contributed by atoms with Gasteiger partial charge in [-0.1, -0.05) is 18.6 Å². The van der Waals surface area contributed by atoms with Gasteiger partial charge in [-0.2, -0.15) is 9.61 Å². The van der Waals surface area contributed by atoms with Gasteiger partial charge in [-0.3, -0.25) is 14.3 Å². The zero-order valence-electron chi connectivity index (χ0n) is 19.5. The average Bonchev–Trinajstić information content (AvgIpc) is 3.15. The van der Waals surface area contributed by atoms with Crippen molar-refractivity contribution in [3.05, 3.63) is 62.7 Å². The Morgan fingerprint density at radius 2 is 1.94 bits per heavy atom. The minimum atomic E-state index is -3.56. The highest BCUT2D eigenvalue weighted by molar-refractivity contribution is 7.92. The molecule has 2 N–H and O–H groups in total. The molecule has 0 spiro atoms. The second-order valence-electron chi connectivity index (χ2n) is 9.03. The Labute approximate surface area is 192 Å². The molecule has 1 aromatic carbocycles. The van der Waals surface area contributed by atoms with Gasteiger partial charge in [0.25, 0.3) is 11.5 Å². The van der Waals surface area contributed by atoms with Crippen molar-refractivity contribution >= 4 is 27.3 Å². The van der Waals surface area contributed by atoms with E-state index in [2.05, 4.69) is 21.7 Å². The van der Waals surface area contributed by atoms with E-state index in [4.69, 9.17) is 0 Å². The molecule has 1 aliphatic rings. The fourth-order valence-electron chi connectivity index (χ4n) is 4.54. The SMILES string of the molecule is Cc1ccc(NS(C)(=O)=O)c(C(=O)N2CCC[C@@H](C)[C@H]2c2cc3[nH]c(C)c(C)c(=O)n3n2)c1. The first kappa shape index (κ1) is 23.0. The third-order valence-corrected chi connectivity index (χ3v) is 6.91. The number of likely N-dealkylation sites (tertiary alicyclic amines) is 1. The summed E-state index contributed by atoms with van der Waals surface area (Å²) < 4.78 is 27.6. The van der Waals surface area contributed by atoms with Crippen molar-refractivity contribution in [2.45, 2.75) is 46.6 Å². The molecule has 2 atom stereocenters. The lowest BCUT2D eigenvalue weighted by Crippen LogP contribution is -2.42. The number of rotatable bonds is 4. The number of hydrogen-bond donors (Lipinski definition) is 2. The lowest BCUT2D eigenvalue weighted by molar-refractivity contribution is 0.0505. The first-order valence-corrected chi connectivity index (χ1v) is 12.8. The number of amides is 1. The number of fused-ring (bicyclic) bond motifs is 1. The van der Waals surface area contributed by atoms with Crippen LogP contribution in [-0.4, -0.2) is 46.6 Å². The number of carbonyl (C=O) groups excluding carboxylic acids is 1. The Balaban J connectivity index is 1.80. The van der Waals surface area contributed by atoms with Gasteiger partial charge < -0.3 is 9.88 Å². The smallest absolute Gasteiger partial charge is 0.277 e. The zero-order chi connectivity index (χ0) is 24.1. The number of anilines is 1. The molecule has 9 nitrogen and oxygen atoms in total. The number of nitrogens with zero attached hydrogens (tertiary/aromatic N) is 3. The lowest BCUT2D eigenvalue weighted by atomic mass is 9.88. The van der Waals surface area contributed by atoms with E-state index >= 15 is 0 Å². The monoisotopic (exact) mass is 471 g/mol. The Kier molecular flexibility index (Phi) is 5.81. The number of aromatic nitrogens is 3. The van der Waals surface area contributed by atoms with Crippen molar-refractivity contribution in [3.63, 3.8) is 0 Å². The van der Waals surface area contributed by atoms with Gasteiger partial charge in [0.05, 0.1) is 29.2 Å². The third kappa shape index (κ3) is 4.39. The summed E-state index contributed by atoms with van der Waals surface area (Å²) in [4.78, 5) is 31.4. The van der Waals surface area contributed by atoms with Gasteiger partial charge in [0.2, 0.25) is 10.0 Å². The normalized spacial score (nSPS) is 19.1. The zero-order valence-corrected chi connectivity index (χ0v) is 20.3. The van der Waals surface area contributed by atoms with Gasteiger partial charge >= 0.3 is 0 Å². The van der Waals surface area contributed by atoms with Crippen molar-refractivity contribution in [3.8, 4) is 0 Å². The number of carbonyl (C=O) groups is 1. The Morgan fingerprint density at radius 1 is 1.21 bits per heavy atom. The number of aromatic amines is 1. The van der Waals surface area contributed by atoms with Crippen LogP contribution in [0.25, 0.3) is 5.65 Å². The summed E-state index contributed by atoms with van der Waals surface area (Å²) in [5.41, 5.74) is 3.80. The summed E-state index contributed by atoms with van der Waals surface area (Å²) in [6.45, 7) is 8.03. The number of benzene rings is 1. The number of hydrogen-bond acceptors (Lipinski definition) is 5. The van der Waals surface area contributed by atoms with E-state index in [9.17, 15) is 18.0 Å². The molecule has 0 bridgehead atoms. The van der Waals surface area contributed by atoms with E-state index in [0.29, 0.717) is 29.0 Å². The minimum Gasteiger partial charge on any atom is -0.343 e. The highest BCUT2D eigenvalue weighted by atomic mass is 32.2. The molecule has 176 valence electrons. The summed E-state index contributed by atoms with van der Waals surface area (Å²) in [6, 6.07) is 6.56. The highest BCUT2D eigenvalue weighted by Gasteiger charge is 2.36. The summed E-state index contributed by atoms with van der Waals surface area (Å²) in [5.74, 6) is -0.154. The van der Waals surface area contributed by atoms with Gasteiger partial charge in [0.15, 0.2) is 0 Å². The molecule has 4 rings (SSSR count). The second kappa shape index (κ2) is 8.33. The first-order chi connectivity index (χ1) is 15.5. The molecule has 10 heteroatoms. The van der Waals surface area contributed by atoms with Crippen LogP contribution in [0.4, 0.5) is 5.69 Å². The van der Waals surface area contributed by atoms with Gasteiger partial charge in [0.1, 0.15) is 5.65 Å². The van der Waals surface area contributed by atoms with Gasteiger partial charge in [-0.05, 0) is 51.7 Å². The number of piperidine rings is 1. The molecule has 1 saturated heterocycles. The fraction of sp³-hybridized carbons (Fsp3) is 0.435. The third-order valence-electron chi connectivity index (χ3n) is 6.32. The van der Waals surface area contributed by atoms with Crippen LogP contribution in [-0.2, 0) is 10.0 Å². The molecule has 1 aliphatic heterocycles. The fourth-order valence-corrected chi connectivity index (χ4v) is 5.12. The Hall–Kier alpha value is -3.14. The maximum absolute atomic E-state index is 13.8. The van der Waals surface area contributed by atoms with Gasteiger partial charge in [0, 0.05) is 23.9 Å². The van der Waals surface area contributed by atoms with Crippen LogP contribution in [0.2, 0.25) is 0 Å². The summed E-state index contributed by atoms with van der Waals surface area (Å²) in [7, 11) is -3.56. The molecular formula is C23H29N5O4S. The van der Waals surface area contributed by atoms with Crippen LogP contribution >= 0.6 is 0 Å². The maximum atomic E-state index is 13.8. The summed E-state index contributed by atoms with van der Waals surface area (Å²) in [5, 5.41) is 4.58. The predicted molar refractivity (Wildman–Crippen MR) is 127 cm³/mol. The number of sulfonamides is 1. The molecular weight excluding hydrogens is 442 g/mol. The van der Waals surface area contributed by atoms with Crippen LogP contribution in [0.3, 0.4) is 0 Å². The molecule has 0 radical (unpaired) electrons. The van der Waals surface area contributed by atoms with E-state index in [-0.39, 0.29) is 29.1 Å². The van der Waals surface area contributed by atoms with Gasteiger partial charge in [-0.15, -0.1) is 0 Å². The van der Waals surface area contributed by atoms with Crippen LogP contribution in [0.5, 0.6) is 0 Å². The molecule has 33 heavy (non-hydrogen) atoms. The largest absolute Gasteiger partial charge is 0.343 e. The van der Waals surface area contributed by atoms with Crippen LogP contribution < -0.4 is 10.3 Å². The average molecular weight is 472 g/mol. The molecule has 1 amide bonds. The molecule has 3 heterocycles. The van der Waals surface area contributed by atoms with Crippen molar-refractivity contribution in [2.24, 2.45) is 5.92 Å². The summed E-state index contributed by atoms with van der Waals surface area (Å²) >= 11 is 0. The molecule has 1 fully saturated rings. The van der Waals surface area contributed by atoms with E-state index in [1.807, 2.05) is 19.9 Å². The van der Waals surface area contributed by atoms with E-state index < -0.39 is 10.0 Å². The van der Waals surface area contributed by atoms with Crippen molar-refractivity contribution < 1.29 is 13.2 Å². The van der Waals surface area contributed by atoms with E-state index in [0.717, 1.165) is 30.4 Å². The number of aryl methyl sites for hydroxylation is 2. The van der Waals surface area contributed by atoms with Crippen molar-refractivity contribution in [2.75, 3.05) is 17.5 Å². The van der Waals surface area contributed by atoms with E-state index in [1.165, 1.54) is 4.52 Å². The second-order valence-corrected chi connectivity index (χ2v) is 10.8. The summed E-state index contributed by atoms with van der Waals surface area (Å²) in [6.07, 6.45) is 2.80. The Bertz CT molecular complexity index is 1410. The molecule has 0 unspecified atom stereocenters. The van der Waals surface area contributed by atoms with Gasteiger partial charge in [-0.25, -0.2) is 8.42 Å². The maximum Gasteiger partial charge on any atom is 0.277 e. The number of H-pyrrole nitrogens is 1. The molecule has 3 aromatic rings. The number of nitrogens with one attached hydrogen (secondary N) is 2. The Morgan fingerprint density at radius 3 is 2.64 bits per heavy atom. The predicted octanol–water partition coefficient (Wildman–Crippen LogP) is 2.93. The van der Waals surface area contributed by atoms with Crippen LogP contribution in [0, 0.1) is 26.7 Å². The lowest BCUT2D eigenvalue weighted by Gasteiger charge is -2.39. The van der Waals surface area contributed by atoms with Crippen LogP contribution in [0.15, 0.2) is 29.1 Å². The highest BCUT2D eigenvalue weighted by Crippen LogP contribution is 2.37. The van der Waals surface area contributed by atoms with Crippen molar-refractivity contribution in [1.82, 2.24) is 19.5 Å². The van der Waals surface area contributed by atoms with Crippen molar-refractivity contribution in [1.29, 1.82) is 0 Å². The topological polar surface area (TPSA) is 117 Å². The quantitative estimate of drug-likeness (QED) is 0.607. The first-order valence-electron chi connectivity index (χ1n) is 10.9. The standard InChI is InChI=1S/C23H29N5O4S/c1-13-8-9-18(26-33(5,31)32)17(11-13)23(30)27-10-6-7-14(2)21(27)19-12-20-24-16(4)15(3)22(29)28(20)25-19/h8-9,11-12,14,21,24,26H,6-7,10H2,1-5H3/t14-,21+/m1/s1. The molecule has 0 saturated carbocycles. The molecule has 0 aliphatic carbocycles.